The summed E-state index contributed by atoms with van der Waals surface area (Å²) in [4.78, 5) is 9.56. The molecule has 0 saturated carbocycles. The summed E-state index contributed by atoms with van der Waals surface area (Å²) in [5.41, 5.74) is 2.31. The molecule has 1 unspecified atom stereocenters. The summed E-state index contributed by atoms with van der Waals surface area (Å²) in [6, 6.07) is 22.9. The first kappa shape index (κ1) is 20.0. The Kier molecular flexibility index (Phi) is 5.57. The van der Waals surface area contributed by atoms with E-state index in [9.17, 15) is 0 Å². The Morgan fingerprint density at radius 2 is 1.74 bits per heavy atom. The molecule has 0 aliphatic carbocycles. The van der Waals surface area contributed by atoms with Crippen molar-refractivity contribution >= 4 is 28.0 Å². The third kappa shape index (κ3) is 4.27. The quantitative estimate of drug-likeness (QED) is 0.433. The fraction of sp³-hybridized carbons (Fsp3) is 0.280. The molecule has 5 nitrogen and oxygen atoms in total. The summed E-state index contributed by atoms with van der Waals surface area (Å²) < 4.78 is 10.8. The number of anilines is 1. The number of hydrogen-bond acceptors (Lipinski definition) is 6. The van der Waals surface area contributed by atoms with Gasteiger partial charge in [0.25, 0.3) is 0 Å². The predicted molar refractivity (Wildman–Crippen MR) is 128 cm³/mol. The molecule has 0 N–H and O–H groups in total. The minimum atomic E-state index is -0.164. The zero-order valence-corrected chi connectivity index (χ0v) is 18.7. The average Bonchev–Trinajstić information content (AvgIpc) is 3.31. The fourth-order valence-corrected chi connectivity index (χ4v) is 4.64. The van der Waals surface area contributed by atoms with Crippen LogP contribution < -0.4 is 9.64 Å². The zero-order valence-electron chi connectivity index (χ0n) is 17.9. The number of likely N-dealkylation sites (N-methyl/N-ethyl adjacent to an activating group) is 1. The molecular weight excluding hydrogens is 404 g/mol. The summed E-state index contributed by atoms with van der Waals surface area (Å²) in [6.07, 6.45) is -0.164. The third-order valence-corrected chi connectivity index (χ3v) is 6.68. The number of nitrogens with zero attached hydrogens (tertiary/aromatic N) is 4. The molecule has 1 aliphatic heterocycles. The van der Waals surface area contributed by atoms with Crippen LogP contribution in [-0.2, 0) is 0 Å². The highest BCUT2D eigenvalue weighted by Gasteiger charge is 2.18. The number of benzene rings is 3. The molecular formula is C25H26N4OS. The van der Waals surface area contributed by atoms with E-state index in [0.29, 0.717) is 0 Å². The van der Waals surface area contributed by atoms with Crippen molar-refractivity contribution in [1.82, 2.24) is 14.3 Å². The highest BCUT2D eigenvalue weighted by atomic mass is 32.1. The van der Waals surface area contributed by atoms with Crippen molar-refractivity contribution in [2.45, 2.75) is 13.0 Å². The van der Waals surface area contributed by atoms with Gasteiger partial charge in [-0.1, -0.05) is 48.5 Å². The smallest absolute Gasteiger partial charge is 0.173 e. The van der Waals surface area contributed by atoms with Gasteiger partial charge in [-0.2, -0.15) is 4.37 Å². The van der Waals surface area contributed by atoms with E-state index in [4.69, 9.17) is 9.72 Å². The van der Waals surface area contributed by atoms with Crippen LogP contribution in [0, 0.1) is 0 Å². The maximum Gasteiger partial charge on any atom is 0.173 e. The van der Waals surface area contributed by atoms with Crippen molar-refractivity contribution in [2.75, 3.05) is 38.1 Å². The van der Waals surface area contributed by atoms with Crippen molar-refractivity contribution in [3.05, 3.63) is 71.7 Å². The molecule has 2 heterocycles. The number of ether oxygens (including phenoxy) is 1. The maximum atomic E-state index is 6.30. The number of fused-ring (bicyclic) bond motifs is 1. The van der Waals surface area contributed by atoms with E-state index in [1.807, 2.05) is 43.3 Å². The van der Waals surface area contributed by atoms with Gasteiger partial charge < -0.3 is 14.5 Å². The second-order valence-electron chi connectivity index (χ2n) is 8.03. The van der Waals surface area contributed by atoms with Gasteiger partial charge in [0, 0.05) is 42.8 Å². The molecule has 4 aromatic rings. The van der Waals surface area contributed by atoms with Gasteiger partial charge in [-0.3, -0.25) is 0 Å². The summed E-state index contributed by atoms with van der Waals surface area (Å²) in [5.74, 6) is 1.62. The first-order valence-corrected chi connectivity index (χ1v) is 11.5. The summed E-state index contributed by atoms with van der Waals surface area (Å²) in [5, 5.41) is 3.35. The Hall–Kier alpha value is -2.96. The van der Waals surface area contributed by atoms with Crippen LogP contribution in [0.4, 0.5) is 5.69 Å². The Bertz CT molecular complexity index is 1170. The standard InChI is InChI=1S/C25H26N4OS/c1-18(25-26-24(27-31-25)20-7-4-3-5-8-20)30-21-12-11-19-9-6-10-23(22(19)17-21)29-15-13-28(2)14-16-29/h3-12,17-18H,13-16H2,1-2H3. The van der Waals surface area contributed by atoms with Gasteiger partial charge in [-0.05, 0) is 49.1 Å². The Balaban J connectivity index is 1.38. The normalized spacial score (nSPS) is 15.9. The molecule has 158 valence electrons. The molecule has 3 aromatic carbocycles. The second kappa shape index (κ2) is 8.65. The van der Waals surface area contributed by atoms with Crippen LogP contribution in [0.25, 0.3) is 22.2 Å². The molecule has 0 spiro atoms. The highest BCUT2D eigenvalue weighted by Crippen LogP contribution is 2.33. The first-order valence-electron chi connectivity index (χ1n) is 10.7. The lowest BCUT2D eigenvalue weighted by Gasteiger charge is -2.34. The van der Waals surface area contributed by atoms with E-state index in [1.165, 1.54) is 28.0 Å². The molecule has 0 bridgehead atoms. The minimum Gasteiger partial charge on any atom is -0.483 e. The van der Waals surface area contributed by atoms with E-state index in [2.05, 4.69) is 51.6 Å². The Labute approximate surface area is 187 Å². The van der Waals surface area contributed by atoms with E-state index in [0.717, 1.165) is 48.3 Å². The van der Waals surface area contributed by atoms with Crippen LogP contribution in [0.15, 0.2) is 66.7 Å². The van der Waals surface area contributed by atoms with Crippen LogP contribution in [0.2, 0.25) is 0 Å². The molecule has 0 amide bonds. The van der Waals surface area contributed by atoms with E-state index >= 15 is 0 Å². The van der Waals surface area contributed by atoms with Crippen molar-refractivity contribution in [1.29, 1.82) is 0 Å². The first-order chi connectivity index (χ1) is 15.2. The van der Waals surface area contributed by atoms with Crippen molar-refractivity contribution in [3.8, 4) is 17.1 Å². The van der Waals surface area contributed by atoms with Gasteiger partial charge in [-0.15, -0.1) is 0 Å². The lowest BCUT2D eigenvalue weighted by atomic mass is 10.1. The van der Waals surface area contributed by atoms with Crippen LogP contribution >= 0.6 is 11.5 Å². The zero-order chi connectivity index (χ0) is 21.2. The van der Waals surface area contributed by atoms with E-state index < -0.39 is 0 Å². The summed E-state index contributed by atoms with van der Waals surface area (Å²) in [6.45, 7) is 6.30. The maximum absolute atomic E-state index is 6.30. The summed E-state index contributed by atoms with van der Waals surface area (Å²) in [7, 11) is 2.18. The SMILES string of the molecule is CC(Oc1ccc2cccc(N3CCN(C)CC3)c2c1)c1nc(-c2ccccc2)ns1. The van der Waals surface area contributed by atoms with Crippen LogP contribution in [-0.4, -0.2) is 47.5 Å². The molecule has 1 fully saturated rings. The van der Waals surface area contributed by atoms with Gasteiger partial charge in [-0.25, -0.2) is 4.98 Å². The molecule has 6 heteroatoms. The van der Waals surface area contributed by atoms with E-state index in [1.54, 1.807) is 0 Å². The topological polar surface area (TPSA) is 41.5 Å². The third-order valence-electron chi connectivity index (χ3n) is 5.81. The number of hydrogen-bond donors (Lipinski definition) is 0. The van der Waals surface area contributed by atoms with Crippen molar-refractivity contribution in [2.24, 2.45) is 0 Å². The van der Waals surface area contributed by atoms with Crippen LogP contribution in [0.1, 0.15) is 18.0 Å². The number of rotatable bonds is 5. The number of aromatic nitrogens is 2. The van der Waals surface area contributed by atoms with Gasteiger partial charge >= 0.3 is 0 Å². The molecule has 5 rings (SSSR count). The lowest BCUT2D eigenvalue weighted by molar-refractivity contribution is 0.227. The second-order valence-corrected chi connectivity index (χ2v) is 8.82. The van der Waals surface area contributed by atoms with E-state index in [-0.39, 0.29) is 6.10 Å². The molecule has 0 radical (unpaired) electrons. The van der Waals surface area contributed by atoms with Gasteiger partial charge in [0.15, 0.2) is 10.8 Å². The monoisotopic (exact) mass is 430 g/mol. The van der Waals surface area contributed by atoms with Gasteiger partial charge in [0.1, 0.15) is 11.9 Å². The largest absolute Gasteiger partial charge is 0.483 e. The molecule has 1 atom stereocenters. The Morgan fingerprint density at radius 1 is 0.935 bits per heavy atom. The van der Waals surface area contributed by atoms with Gasteiger partial charge in [0.2, 0.25) is 0 Å². The molecule has 1 aliphatic rings. The molecule has 31 heavy (non-hydrogen) atoms. The van der Waals surface area contributed by atoms with Crippen LogP contribution in [0.5, 0.6) is 5.75 Å². The van der Waals surface area contributed by atoms with Gasteiger partial charge in [0.05, 0.1) is 0 Å². The lowest BCUT2D eigenvalue weighted by Crippen LogP contribution is -2.44. The van der Waals surface area contributed by atoms with Crippen LogP contribution in [0.3, 0.4) is 0 Å². The van der Waals surface area contributed by atoms with Crippen molar-refractivity contribution in [3.63, 3.8) is 0 Å². The number of piperazine rings is 1. The fourth-order valence-electron chi connectivity index (χ4n) is 3.99. The summed E-state index contributed by atoms with van der Waals surface area (Å²) >= 11 is 1.40. The highest BCUT2D eigenvalue weighted by molar-refractivity contribution is 7.05. The van der Waals surface area contributed by atoms with Crippen molar-refractivity contribution < 1.29 is 4.74 Å². The molecule has 1 aromatic heterocycles. The molecule has 1 saturated heterocycles. The predicted octanol–water partition coefficient (Wildman–Crippen LogP) is 5.25. The average molecular weight is 431 g/mol. The minimum absolute atomic E-state index is 0.164. The Morgan fingerprint density at radius 3 is 2.55 bits per heavy atom.